The van der Waals surface area contributed by atoms with E-state index in [9.17, 15) is 9.90 Å². The number of ether oxygens (including phenoxy) is 1. The van der Waals surface area contributed by atoms with Crippen molar-refractivity contribution in [2.24, 2.45) is 17.3 Å². The molecule has 4 bridgehead atoms. The summed E-state index contributed by atoms with van der Waals surface area (Å²) in [5.74, 6) is 2.68. The number of rotatable bonds is 4. The van der Waals surface area contributed by atoms with E-state index >= 15 is 0 Å². The van der Waals surface area contributed by atoms with Crippen molar-refractivity contribution in [1.29, 1.82) is 0 Å². The number of nitrogens with zero attached hydrogens (tertiary/aromatic N) is 2. The van der Waals surface area contributed by atoms with Gasteiger partial charge < -0.3 is 14.7 Å². The lowest BCUT2D eigenvalue weighted by molar-refractivity contribution is -0.172. The Morgan fingerprint density at radius 2 is 1.87 bits per heavy atom. The number of fused-ring (bicyclic) bond motifs is 1. The number of hydrogen-bond donors (Lipinski definition) is 1. The number of amides is 1. The molecule has 4 saturated carbocycles. The second-order valence-electron chi connectivity index (χ2n) is 11.1. The molecule has 0 aromatic heterocycles. The minimum absolute atomic E-state index is 0.0829. The van der Waals surface area contributed by atoms with Crippen LogP contribution < -0.4 is 4.74 Å². The molecule has 6 aliphatic rings. The van der Waals surface area contributed by atoms with Crippen LogP contribution in [0, 0.1) is 17.3 Å². The highest BCUT2D eigenvalue weighted by Gasteiger charge is 2.57. The number of carbonyl (C=O) groups is 1. The maximum Gasteiger partial charge on any atom is 0.223 e. The van der Waals surface area contributed by atoms with E-state index in [4.69, 9.17) is 4.74 Å². The first kappa shape index (κ1) is 19.1. The molecule has 1 aromatic rings. The molecule has 0 spiro atoms. The van der Waals surface area contributed by atoms with E-state index in [0.717, 1.165) is 70.8 Å². The van der Waals surface area contributed by atoms with Crippen LogP contribution in [0.15, 0.2) is 18.2 Å². The molecule has 4 atom stereocenters. The average molecular weight is 411 g/mol. The van der Waals surface area contributed by atoms with Gasteiger partial charge in [0, 0.05) is 45.6 Å². The molecule has 30 heavy (non-hydrogen) atoms. The Bertz CT molecular complexity index is 831. The molecular weight excluding hydrogens is 376 g/mol. The van der Waals surface area contributed by atoms with E-state index in [-0.39, 0.29) is 5.41 Å². The minimum Gasteiger partial charge on any atom is -0.493 e. The van der Waals surface area contributed by atoms with Crippen molar-refractivity contribution in [2.45, 2.75) is 63.5 Å². The van der Waals surface area contributed by atoms with Gasteiger partial charge in [0.1, 0.15) is 5.75 Å². The summed E-state index contributed by atoms with van der Waals surface area (Å²) in [4.78, 5) is 17.8. The highest BCUT2D eigenvalue weighted by Crippen LogP contribution is 2.62. The van der Waals surface area contributed by atoms with Gasteiger partial charge in [-0.25, -0.2) is 0 Å². The van der Waals surface area contributed by atoms with Crippen LogP contribution in [0.2, 0.25) is 0 Å². The quantitative estimate of drug-likeness (QED) is 0.829. The summed E-state index contributed by atoms with van der Waals surface area (Å²) in [5.41, 5.74) is 2.29. The predicted octanol–water partition coefficient (Wildman–Crippen LogP) is 2.99. The fraction of sp³-hybridized carbons (Fsp3) is 0.720. The first-order valence-corrected chi connectivity index (χ1v) is 11.9. The molecule has 162 valence electrons. The zero-order chi connectivity index (χ0) is 20.3. The number of aliphatic hydroxyl groups is 1. The van der Waals surface area contributed by atoms with Crippen molar-refractivity contribution in [2.75, 3.05) is 32.8 Å². The highest BCUT2D eigenvalue weighted by atomic mass is 16.5. The Kier molecular flexibility index (Phi) is 4.44. The van der Waals surface area contributed by atoms with E-state index in [2.05, 4.69) is 28.0 Å². The van der Waals surface area contributed by atoms with Crippen LogP contribution >= 0.6 is 0 Å². The van der Waals surface area contributed by atoms with Gasteiger partial charge >= 0.3 is 0 Å². The molecular formula is C25H34N2O3. The topological polar surface area (TPSA) is 53.0 Å². The molecule has 0 radical (unpaired) electrons. The van der Waals surface area contributed by atoms with Crippen molar-refractivity contribution in [3.8, 4) is 5.75 Å². The number of carbonyl (C=O) groups excluding carboxylic acids is 1. The third kappa shape index (κ3) is 3.44. The van der Waals surface area contributed by atoms with Gasteiger partial charge in [0.2, 0.25) is 5.91 Å². The Morgan fingerprint density at radius 1 is 1.10 bits per heavy atom. The Hall–Kier alpha value is -1.59. The number of piperazine rings is 1. The standard InChI is InChI=1S/C25H34N2O3/c28-23(15-24-11-19-9-20(12-24)14-25(29,13-19)17-24)27-6-4-26(5-7-27)16-18-1-2-22-21(10-18)3-8-30-22/h1-2,10,19-20,29H,3-9,11-17H2/t19-,20+,24?,25?. The summed E-state index contributed by atoms with van der Waals surface area (Å²) in [6.45, 7) is 5.32. The zero-order valence-electron chi connectivity index (χ0n) is 17.9. The van der Waals surface area contributed by atoms with E-state index in [0.29, 0.717) is 24.2 Å². The van der Waals surface area contributed by atoms with Gasteiger partial charge in [-0.15, -0.1) is 0 Å². The molecule has 1 aromatic carbocycles. The van der Waals surface area contributed by atoms with Crippen molar-refractivity contribution in [1.82, 2.24) is 9.80 Å². The summed E-state index contributed by atoms with van der Waals surface area (Å²) < 4.78 is 5.62. The second-order valence-corrected chi connectivity index (χ2v) is 11.1. The van der Waals surface area contributed by atoms with Crippen molar-refractivity contribution < 1.29 is 14.6 Å². The van der Waals surface area contributed by atoms with Gasteiger partial charge in [0.25, 0.3) is 0 Å². The second kappa shape index (κ2) is 6.96. The number of hydrogen-bond acceptors (Lipinski definition) is 4. The van der Waals surface area contributed by atoms with Crippen LogP contribution in [0.3, 0.4) is 0 Å². The lowest BCUT2D eigenvalue weighted by Gasteiger charge is -2.60. The molecule has 1 saturated heterocycles. The fourth-order valence-electron chi connectivity index (χ4n) is 7.79. The zero-order valence-corrected chi connectivity index (χ0v) is 17.9. The molecule has 2 heterocycles. The van der Waals surface area contributed by atoms with Gasteiger partial charge in [-0.05, 0) is 73.0 Å². The third-order valence-corrected chi connectivity index (χ3v) is 8.56. The van der Waals surface area contributed by atoms with Crippen LogP contribution in [0.5, 0.6) is 5.75 Å². The SMILES string of the molecule is O=C(CC12C[C@@H]3C[C@@H](CC(O)(C3)C1)C2)N1CCN(Cc2ccc3c(c2)CCO3)CC1. The smallest absolute Gasteiger partial charge is 0.223 e. The van der Waals surface area contributed by atoms with Crippen LogP contribution in [0.4, 0.5) is 0 Å². The molecule has 5 fully saturated rings. The Balaban J connectivity index is 1.04. The minimum atomic E-state index is -0.468. The van der Waals surface area contributed by atoms with E-state index < -0.39 is 5.60 Å². The normalized spacial score (nSPS) is 37.3. The van der Waals surface area contributed by atoms with Crippen LogP contribution in [0.25, 0.3) is 0 Å². The Morgan fingerprint density at radius 3 is 2.60 bits per heavy atom. The molecule has 2 aliphatic heterocycles. The molecule has 1 amide bonds. The van der Waals surface area contributed by atoms with Crippen LogP contribution in [-0.4, -0.2) is 59.2 Å². The summed E-state index contributed by atoms with van der Waals surface area (Å²) >= 11 is 0. The lowest BCUT2D eigenvalue weighted by Crippen LogP contribution is -2.57. The first-order chi connectivity index (χ1) is 14.5. The molecule has 5 heteroatoms. The van der Waals surface area contributed by atoms with Crippen molar-refractivity contribution in [3.63, 3.8) is 0 Å². The largest absolute Gasteiger partial charge is 0.493 e. The maximum absolute atomic E-state index is 13.2. The van der Waals surface area contributed by atoms with Gasteiger partial charge in [0.05, 0.1) is 12.2 Å². The predicted molar refractivity (Wildman–Crippen MR) is 114 cm³/mol. The van der Waals surface area contributed by atoms with Crippen molar-refractivity contribution >= 4 is 5.91 Å². The lowest BCUT2D eigenvalue weighted by atomic mass is 9.47. The average Bonchev–Trinajstić information content (AvgIpc) is 3.14. The first-order valence-electron chi connectivity index (χ1n) is 11.9. The van der Waals surface area contributed by atoms with Gasteiger partial charge in [-0.1, -0.05) is 12.1 Å². The summed E-state index contributed by atoms with van der Waals surface area (Å²) in [6.07, 6.45) is 8.11. The van der Waals surface area contributed by atoms with Gasteiger partial charge in [0.15, 0.2) is 0 Å². The van der Waals surface area contributed by atoms with Crippen LogP contribution in [-0.2, 0) is 17.8 Å². The van der Waals surface area contributed by atoms with Gasteiger partial charge in [-0.2, -0.15) is 0 Å². The maximum atomic E-state index is 13.2. The monoisotopic (exact) mass is 410 g/mol. The third-order valence-electron chi connectivity index (χ3n) is 8.56. The Labute approximate surface area is 179 Å². The molecule has 1 N–H and O–H groups in total. The molecule has 4 aliphatic carbocycles. The summed E-state index contributed by atoms with van der Waals surface area (Å²) in [6, 6.07) is 6.58. The van der Waals surface area contributed by atoms with Crippen molar-refractivity contribution in [3.05, 3.63) is 29.3 Å². The molecule has 2 unspecified atom stereocenters. The van der Waals surface area contributed by atoms with E-state index in [1.165, 1.54) is 30.4 Å². The van der Waals surface area contributed by atoms with E-state index in [1.54, 1.807) is 0 Å². The molecule has 5 nitrogen and oxygen atoms in total. The highest BCUT2D eigenvalue weighted by molar-refractivity contribution is 5.77. The van der Waals surface area contributed by atoms with Crippen LogP contribution in [0.1, 0.15) is 56.1 Å². The molecule has 7 rings (SSSR count). The number of benzene rings is 1. The fourth-order valence-corrected chi connectivity index (χ4v) is 7.79. The summed E-state index contributed by atoms with van der Waals surface area (Å²) in [7, 11) is 0. The van der Waals surface area contributed by atoms with E-state index in [1.807, 2.05) is 0 Å². The summed E-state index contributed by atoms with van der Waals surface area (Å²) in [5, 5.41) is 11.0. The van der Waals surface area contributed by atoms with Gasteiger partial charge in [-0.3, -0.25) is 9.69 Å².